The lowest BCUT2D eigenvalue weighted by Crippen LogP contribution is -2.47. The van der Waals surface area contributed by atoms with Crippen LogP contribution in [0.15, 0.2) is 0 Å². The molecule has 1 aliphatic carbocycles. The summed E-state index contributed by atoms with van der Waals surface area (Å²) in [6.07, 6.45) is 2.25. The standard InChI is InChI=1S/C17H34O/c1-11(2)13-9-12(16(3,4)5)10-14(15(13)18)17(6,7)8/h11-15,18H,9-10H2,1-8H3. The largest absolute Gasteiger partial charge is 0.393 e. The second-order valence-corrected chi connectivity index (χ2v) is 8.91. The van der Waals surface area contributed by atoms with E-state index in [9.17, 15) is 5.11 Å². The van der Waals surface area contributed by atoms with Gasteiger partial charge < -0.3 is 5.11 Å². The molecule has 0 aromatic heterocycles. The summed E-state index contributed by atoms with van der Waals surface area (Å²) in [6, 6.07) is 0. The Morgan fingerprint density at radius 3 is 1.72 bits per heavy atom. The summed E-state index contributed by atoms with van der Waals surface area (Å²) >= 11 is 0. The fraction of sp³-hybridized carbons (Fsp3) is 1.00. The van der Waals surface area contributed by atoms with E-state index in [0.29, 0.717) is 23.2 Å². The minimum absolute atomic E-state index is 0.122. The highest BCUT2D eigenvalue weighted by Crippen LogP contribution is 2.49. The van der Waals surface area contributed by atoms with Crippen LogP contribution in [0.3, 0.4) is 0 Å². The van der Waals surface area contributed by atoms with Crippen LogP contribution in [-0.4, -0.2) is 11.2 Å². The molecule has 0 spiro atoms. The van der Waals surface area contributed by atoms with E-state index in [4.69, 9.17) is 0 Å². The van der Waals surface area contributed by atoms with Crippen LogP contribution in [0.2, 0.25) is 0 Å². The summed E-state index contributed by atoms with van der Waals surface area (Å²) in [5.41, 5.74) is 0.563. The van der Waals surface area contributed by atoms with Gasteiger partial charge in [0.05, 0.1) is 6.10 Å². The van der Waals surface area contributed by atoms with E-state index < -0.39 is 0 Å². The fourth-order valence-electron chi connectivity index (χ4n) is 3.55. The van der Waals surface area contributed by atoms with Crippen LogP contribution >= 0.6 is 0 Å². The second kappa shape index (κ2) is 5.15. The summed E-state index contributed by atoms with van der Waals surface area (Å²) in [5, 5.41) is 10.7. The first-order valence-electron chi connectivity index (χ1n) is 7.62. The lowest BCUT2D eigenvalue weighted by molar-refractivity contribution is -0.0808. The van der Waals surface area contributed by atoms with Gasteiger partial charge in [-0.25, -0.2) is 0 Å². The number of rotatable bonds is 1. The quantitative estimate of drug-likeness (QED) is 0.716. The zero-order valence-electron chi connectivity index (χ0n) is 13.7. The van der Waals surface area contributed by atoms with E-state index in [-0.39, 0.29) is 11.5 Å². The Labute approximate surface area is 114 Å². The molecule has 4 atom stereocenters. The Morgan fingerprint density at radius 1 is 0.889 bits per heavy atom. The number of hydrogen-bond donors (Lipinski definition) is 1. The minimum atomic E-state index is -0.122. The first-order chi connectivity index (χ1) is 7.94. The van der Waals surface area contributed by atoms with Gasteiger partial charge in [-0.05, 0) is 47.3 Å². The van der Waals surface area contributed by atoms with Crippen LogP contribution in [0.5, 0.6) is 0 Å². The molecule has 0 saturated heterocycles. The van der Waals surface area contributed by atoms with Crippen molar-refractivity contribution in [3.8, 4) is 0 Å². The van der Waals surface area contributed by atoms with Crippen molar-refractivity contribution in [3.05, 3.63) is 0 Å². The highest BCUT2D eigenvalue weighted by molar-refractivity contribution is 4.95. The van der Waals surface area contributed by atoms with Crippen LogP contribution in [0.4, 0.5) is 0 Å². The van der Waals surface area contributed by atoms with Crippen molar-refractivity contribution in [1.29, 1.82) is 0 Å². The SMILES string of the molecule is CC(C)C1CC(C(C)(C)C)CC(C(C)(C)C)C1O. The molecule has 0 heterocycles. The van der Waals surface area contributed by atoms with Crippen LogP contribution in [0.25, 0.3) is 0 Å². The molecule has 1 N–H and O–H groups in total. The van der Waals surface area contributed by atoms with Crippen LogP contribution in [-0.2, 0) is 0 Å². The fourth-order valence-corrected chi connectivity index (χ4v) is 3.55. The van der Waals surface area contributed by atoms with E-state index >= 15 is 0 Å². The maximum absolute atomic E-state index is 10.7. The summed E-state index contributed by atoms with van der Waals surface area (Å²) < 4.78 is 0. The van der Waals surface area contributed by atoms with Crippen LogP contribution in [0, 0.1) is 34.5 Å². The van der Waals surface area contributed by atoms with E-state index in [0.717, 1.165) is 5.92 Å². The second-order valence-electron chi connectivity index (χ2n) is 8.91. The third-order valence-corrected chi connectivity index (χ3v) is 5.14. The first-order valence-corrected chi connectivity index (χ1v) is 7.62. The van der Waals surface area contributed by atoms with Crippen molar-refractivity contribution in [2.75, 3.05) is 0 Å². The Kier molecular flexibility index (Phi) is 4.58. The Bertz CT molecular complexity index is 266. The third kappa shape index (κ3) is 3.50. The third-order valence-electron chi connectivity index (χ3n) is 5.14. The van der Waals surface area contributed by atoms with Crippen molar-refractivity contribution in [2.24, 2.45) is 34.5 Å². The van der Waals surface area contributed by atoms with Gasteiger partial charge in [0.15, 0.2) is 0 Å². The van der Waals surface area contributed by atoms with Gasteiger partial charge in [-0.2, -0.15) is 0 Å². The van der Waals surface area contributed by atoms with E-state index in [2.05, 4.69) is 55.4 Å². The van der Waals surface area contributed by atoms with Crippen molar-refractivity contribution < 1.29 is 5.11 Å². The van der Waals surface area contributed by atoms with E-state index in [1.807, 2.05) is 0 Å². The molecule has 0 aliphatic heterocycles. The molecule has 4 unspecified atom stereocenters. The molecule has 1 nitrogen and oxygen atoms in total. The van der Waals surface area contributed by atoms with Gasteiger partial charge in [-0.3, -0.25) is 0 Å². The molecule has 1 aliphatic rings. The molecular weight excluding hydrogens is 220 g/mol. The zero-order valence-corrected chi connectivity index (χ0v) is 13.7. The molecule has 1 rings (SSSR count). The molecule has 0 aromatic carbocycles. The molecule has 0 bridgehead atoms. The maximum atomic E-state index is 10.7. The summed E-state index contributed by atoms with van der Waals surface area (Å²) in [5.74, 6) is 2.21. The number of aliphatic hydroxyl groups is 1. The predicted molar refractivity (Wildman–Crippen MR) is 79.5 cm³/mol. The summed E-state index contributed by atoms with van der Waals surface area (Å²) in [7, 11) is 0. The highest BCUT2D eigenvalue weighted by Gasteiger charge is 2.45. The Hall–Kier alpha value is -0.0400. The normalized spacial score (nSPS) is 35.0. The van der Waals surface area contributed by atoms with Gasteiger partial charge >= 0.3 is 0 Å². The lowest BCUT2D eigenvalue weighted by Gasteiger charge is -2.50. The molecule has 0 aromatic rings. The molecular formula is C17H34O. The van der Waals surface area contributed by atoms with Crippen LogP contribution in [0.1, 0.15) is 68.2 Å². The van der Waals surface area contributed by atoms with Gasteiger partial charge in [0.1, 0.15) is 0 Å². The lowest BCUT2D eigenvalue weighted by atomic mass is 9.57. The average Bonchev–Trinajstić information content (AvgIpc) is 2.13. The zero-order chi connectivity index (χ0) is 14.3. The van der Waals surface area contributed by atoms with Gasteiger partial charge in [-0.1, -0.05) is 55.4 Å². The molecule has 1 fully saturated rings. The van der Waals surface area contributed by atoms with E-state index in [1.54, 1.807) is 0 Å². The average molecular weight is 254 g/mol. The Balaban J connectivity index is 2.99. The minimum Gasteiger partial charge on any atom is -0.393 e. The van der Waals surface area contributed by atoms with Gasteiger partial charge in [0.2, 0.25) is 0 Å². The molecule has 0 amide bonds. The Morgan fingerprint density at radius 2 is 1.39 bits per heavy atom. The van der Waals surface area contributed by atoms with Gasteiger partial charge in [0, 0.05) is 0 Å². The van der Waals surface area contributed by atoms with Crippen molar-refractivity contribution in [1.82, 2.24) is 0 Å². The number of hydrogen-bond acceptors (Lipinski definition) is 1. The molecule has 18 heavy (non-hydrogen) atoms. The van der Waals surface area contributed by atoms with Crippen molar-refractivity contribution in [2.45, 2.75) is 74.3 Å². The summed E-state index contributed by atoms with van der Waals surface area (Å²) in [6.45, 7) is 18.4. The highest BCUT2D eigenvalue weighted by atomic mass is 16.3. The van der Waals surface area contributed by atoms with Gasteiger partial charge in [0.25, 0.3) is 0 Å². The summed E-state index contributed by atoms with van der Waals surface area (Å²) in [4.78, 5) is 0. The smallest absolute Gasteiger partial charge is 0.0604 e. The van der Waals surface area contributed by atoms with Crippen molar-refractivity contribution in [3.63, 3.8) is 0 Å². The molecule has 1 heteroatoms. The molecule has 108 valence electrons. The monoisotopic (exact) mass is 254 g/mol. The topological polar surface area (TPSA) is 20.2 Å². The van der Waals surface area contributed by atoms with Gasteiger partial charge in [-0.15, -0.1) is 0 Å². The van der Waals surface area contributed by atoms with Crippen molar-refractivity contribution >= 4 is 0 Å². The maximum Gasteiger partial charge on any atom is 0.0604 e. The van der Waals surface area contributed by atoms with Crippen LogP contribution < -0.4 is 0 Å². The predicted octanol–water partition coefficient (Wildman–Crippen LogP) is 4.74. The molecule has 1 saturated carbocycles. The number of aliphatic hydroxyl groups excluding tert-OH is 1. The first kappa shape index (κ1) is 16.0. The molecule has 0 radical (unpaired) electrons. The van der Waals surface area contributed by atoms with E-state index in [1.165, 1.54) is 12.8 Å².